The molecule has 98 valence electrons. The maximum atomic E-state index is 11.8. The van der Waals surface area contributed by atoms with Gasteiger partial charge in [-0.3, -0.25) is 0 Å². The van der Waals surface area contributed by atoms with Gasteiger partial charge in [0.15, 0.2) is 0 Å². The van der Waals surface area contributed by atoms with Crippen LogP contribution in [0.2, 0.25) is 0 Å². The van der Waals surface area contributed by atoms with Crippen molar-refractivity contribution < 1.29 is 19.1 Å². The Balaban J connectivity index is 2.49. The Kier molecular flexibility index (Phi) is 4.20. The number of carbonyl (C=O) groups is 2. The monoisotopic (exact) mass is 244 g/mol. The number of nitrogens with zero attached hydrogens (tertiary/aromatic N) is 1. The van der Waals surface area contributed by atoms with Crippen LogP contribution < -0.4 is 5.73 Å². The molecule has 0 aromatic heterocycles. The minimum Gasteiger partial charge on any atom is -0.445 e. The standard InChI is InChI=1S/C11H20N2O4/c1-11(2,3)17-10(15)13-6-4-5-8(7-13)16-9(12)14/h8H,4-7H2,1-3H3,(H2,12,14). The summed E-state index contributed by atoms with van der Waals surface area (Å²) in [4.78, 5) is 24.0. The molecule has 1 aliphatic heterocycles. The first-order valence-corrected chi connectivity index (χ1v) is 5.72. The number of hydrogen-bond donors (Lipinski definition) is 1. The molecule has 1 saturated heterocycles. The molecule has 6 nitrogen and oxygen atoms in total. The molecule has 0 spiro atoms. The van der Waals surface area contributed by atoms with Gasteiger partial charge in [-0.15, -0.1) is 0 Å². The molecule has 1 heterocycles. The van der Waals surface area contributed by atoms with E-state index in [-0.39, 0.29) is 12.2 Å². The quantitative estimate of drug-likeness (QED) is 0.757. The van der Waals surface area contributed by atoms with Crippen molar-refractivity contribution in [1.82, 2.24) is 4.90 Å². The van der Waals surface area contributed by atoms with Gasteiger partial charge in [-0.1, -0.05) is 0 Å². The number of ether oxygens (including phenoxy) is 2. The minimum absolute atomic E-state index is 0.325. The van der Waals surface area contributed by atoms with Crippen LogP contribution in [0.15, 0.2) is 0 Å². The summed E-state index contributed by atoms with van der Waals surface area (Å²) in [6, 6.07) is 0. The summed E-state index contributed by atoms with van der Waals surface area (Å²) in [5.74, 6) is 0. The van der Waals surface area contributed by atoms with Crippen LogP contribution in [-0.4, -0.2) is 41.9 Å². The Hall–Kier alpha value is -1.46. The van der Waals surface area contributed by atoms with Crippen molar-refractivity contribution in [3.8, 4) is 0 Å². The molecular formula is C11H20N2O4. The smallest absolute Gasteiger partial charge is 0.410 e. The maximum Gasteiger partial charge on any atom is 0.410 e. The largest absolute Gasteiger partial charge is 0.445 e. The zero-order valence-electron chi connectivity index (χ0n) is 10.6. The van der Waals surface area contributed by atoms with Gasteiger partial charge in [0.25, 0.3) is 0 Å². The summed E-state index contributed by atoms with van der Waals surface area (Å²) in [6.45, 7) is 6.40. The Morgan fingerprint density at radius 3 is 2.53 bits per heavy atom. The number of amides is 2. The van der Waals surface area contributed by atoms with E-state index in [0.29, 0.717) is 13.1 Å². The number of hydrogen-bond acceptors (Lipinski definition) is 4. The summed E-state index contributed by atoms with van der Waals surface area (Å²) in [5.41, 5.74) is 4.43. The molecule has 1 aliphatic rings. The van der Waals surface area contributed by atoms with E-state index < -0.39 is 11.7 Å². The van der Waals surface area contributed by atoms with E-state index in [9.17, 15) is 9.59 Å². The van der Waals surface area contributed by atoms with E-state index in [0.717, 1.165) is 12.8 Å². The lowest BCUT2D eigenvalue weighted by atomic mass is 10.1. The molecule has 2 N–H and O–H groups in total. The van der Waals surface area contributed by atoms with Crippen molar-refractivity contribution >= 4 is 12.2 Å². The Labute approximate surface area is 101 Å². The van der Waals surface area contributed by atoms with Gasteiger partial charge in [0.2, 0.25) is 0 Å². The van der Waals surface area contributed by atoms with E-state index >= 15 is 0 Å². The second kappa shape index (κ2) is 5.25. The van der Waals surface area contributed by atoms with Crippen LogP contribution in [0.1, 0.15) is 33.6 Å². The molecule has 1 fully saturated rings. The van der Waals surface area contributed by atoms with Crippen molar-refractivity contribution in [2.24, 2.45) is 5.73 Å². The third-order valence-corrected chi connectivity index (χ3v) is 2.31. The van der Waals surface area contributed by atoms with Gasteiger partial charge in [-0.2, -0.15) is 0 Å². The first-order valence-electron chi connectivity index (χ1n) is 5.72. The van der Waals surface area contributed by atoms with Crippen LogP contribution in [-0.2, 0) is 9.47 Å². The van der Waals surface area contributed by atoms with Gasteiger partial charge in [0.1, 0.15) is 11.7 Å². The Morgan fingerprint density at radius 2 is 2.00 bits per heavy atom. The van der Waals surface area contributed by atoms with Gasteiger partial charge in [-0.05, 0) is 33.6 Å². The van der Waals surface area contributed by atoms with E-state index in [1.54, 1.807) is 4.90 Å². The topological polar surface area (TPSA) is 81.9 Å². The zero-order valence-corrected chi connectivity index (χ0v) is 10.6. The molecule has 6 heteroatoms. The molecule has 0 aliphatic carbocycles. The van der Waals surface area contributed by atoms with Crippen molar-refractivity contribution in [3.05, 3.63) is 0 Å². The molecule has 1 unspecified atom stereocenters. The number of rotatable bonds is 1. The fourth-order valence-corrected chi connectivity index (χ4v) is 1.69. The predicted octanol–water partition coefficient (Wildman–Crippen LogP) is 1.48. The molecule has 0 aromatic rings. The van der Waals surface area contributed by atoms with Gasteiger partial charge in [0.05, 0.1) is 6.54 Å². The maximum absolute atomic E-state index is 11.8. The highest BCUT2D eigenvalue weighted by atomic mass is 16.6. The van der Waals surface area contributed by atoms with Gasteiger partial charge < -0.3 is 20.1 Å². The fraction of sp³-hybridized carbons (Fsp3) is 0.818. The van der Waals surface area contributed by atoms with Crippen LogP contribution >= 0.6 is 0 Å². The predicted molar refractivity (Wildman–Crippen MR) is 61.5 cm³/mol. The third kappa shape index (κ3) is 4.93. The number of carbonyl (C=O) groups excluding carboxylic acids is 2. The first-order chi connectivity index (χ1) is 7.78. The van der Waals surface area contributed by atoms with Crippen molar-refractivity contribution in [2.75, 3.05) is 13.1 Å². The van der Waals surface area contributed by atoms with Gasteiger partial charge in [0, 0.05) is 6.54 Å². The highest BCUT2D eigenvalue weighted by molar-refractivity contribution is 5.68. The normalized spacial score (nSPS) is 20.9. The van der Waals surface area contributed by atoms with Gasteiger partial charge >= 0.3 is 12.2 Å². The van der Waals surface area contributed by atoms with Crippen LogP contribution in [0.4, 0.5) is 9.59 Å². The zero-order chi connectivity index (χ0) is 13.1. The summed E-state index contributed by atoms with van der Waals surface area (Å²) >= 11 is 0. The van der Waals surface area contributed by atoms with Crippen molar-refractivity contribution in [3.63, 3.8) is 0 Å². The molecule has 2 amide bonds. The fourth-order valence-electron chi connectivity index (χ4n) is 1.69. The van der Waals surface area contributed by atoms with E-state index in [1.807, 2.05) is 20.8 Å². The SMILES string of the molecule is CC(C)(C)OC(=O)N1CCCC(OC(N)=O)C1. The molecule has 0 radical (unpaired) electrons. The lowest BCUT2D eigenvalue weighted by molar-refractivity contribution is 0.000251. The Bertz CT molecular complexity index is 298. The average molecular weight is 244 g/mol. The highest BCUT2D eigenvalue weighted by Crippen LogP contribution is 2.16. The molecule has 1 rings (SSSR count). The number of piperidine rings is 1. The molecule has 1 atom stereocenters. The number of primary amides is 1. The summed E-state index contributed by atoms with van der Waals surface area (Å²) in [5, 5.41) is 0. The van der Waals surface area contributed by atoms with Crippen LogP contribution in [0, 0.1) is 0 Å². The third-order valence-electron chi connectivity index (χ3n) is 2.31. The number of nitrogens with two attached hydrogens (primary N) is 1. The van der Waals surface area contributed by atoms with Gasteiger partial charge in [-0.25, -0.2) is 9.59 Å². The second-order valence-electron chi connectivity index (χ2n) is 5.13. The minimum atomic E-state index is -0.805. The second-order valence-corrected chi connectivity index (χ2v) is 5.13. The van der Waals surface area contributed by atoms with E-state index in [2.05, 4.69) is 0 Å². The number of likely N-dealkylation sites (tertiary alicyclic amines) is 1. The van der Waals surface area contributed by atoms with E-state index in [4.69, 9.17) is 15.2 Å². The molecule has 0 bridgehead atoms. The molecular weight excluding hydrogens is 224 g/mol. The summed E-state index contributed by atoms with van der Waals surface area (Å²) < 4.78 is 10.1. The first kappa shape index (κ1) is 13.6. The highest BCUT2D eigenvalue weighted by Gasteiger charge is 2.28. The Morgan fingerprint density at radius 1 is 1.35 bits per heavy atom. The van der Waals surface area contributed by atoms with Crippen LogP contribution in [0.5, 0.6) is 0 Å². The summed E-state index contributed by atoms with van der Waals surface area (Å²) in [6.07, 6.45) is -0.00976. The van der Waals surface area contributed by atoms with Crippen molar-refractivity contribution in [1.29, 1.82) is 0 Å². The lowest BCUT2D eigenvalue weighted by Gasteiger charge is -2.33. The average Bonchev–Trinajstić information content (AvgIpc) is 2.14. The summed E-state index contributed by atoms with van der Waals surface area (Å²) in [7, 11) is 0. The van der Waals surface area contributed by atoms with E-state index in [1.165, 1.54) is 0 Å². The van der Waals surface area contributed by atoms with Crippen LogP contribution in [0.3, 0.4) is 0 Å². The molecule has 0 saturated carbocycles. The molecule has 0 aromatic carbocycles. The molecule has 17 heavy (non-hydrogen) atoms. The van der Waals surface area contributed by atoms with Crippen LogP contribution in [0.25, 0.3) is 0 Å². The lowest BCUT2D eigenvalue weighted by Crippen LogP contribution is -2.46. The van der Waals surface area contributed by atoms with Crippen molar-refractivity contribution in [2.45, 2.75) is 45.3 Å².